The molecule has 120 valence electrons. The van der Waals surface area contributed by atoms with Crippen LogP contribution in [0.2, 0.25) is 0 Å². The second-order valence-electron chi connectivity index (χ2n) is 5.08. The monoisotopic (exact) mass is 305 g/mol. The van der Waals surface area contributed by atoms with Gasteiger partial charge in [0.15, 0.2) is 0 Å². The zero-order chi connectivity index (χ0) is 16.5. The molecule has 0 aliphatic carbocycles. The number of hydrogen-bond acceptors (Lipinski definition) is 5. The third-order valence-corrected chi connectivity index (χ3v) is 3.38. The number of aromatic carboxylic acids is 1. The summed E-state index contributed by atoms with van der Waals surface area (Å²) in [4.78, 5) is 33.8. The molecule has 0 unspecified atom stereocenters. The summed E-state index contributed by atoms with van der Waals surface area (Å²) in [6.45, 7) is 1.95. The van der Waals surface area contributed by atoms with Crippen molar-refractivity contribution in [2.75, 3.05) is 5.32 Å². The highest BCUT2D eigenvalue weighted by atomic mass is 16.4. The maximum atomic E-state index is 11.9. The first-order chi connectivity index (χ1) is 10.5. The number of hydrogen-bond donors (Lipinski definition) is 1. The van der Waals surface area contributed by atoms with Gasteiger partial charge in [-0.25, -0.2) is 0 Å². The van der Waals surface area contributed by atoms with Crippen molar-refractivity contribution in [3.05, 3.63) is 29.8 Å². The summed E-state index contributed by atoms with van der Waals surface area (Å²) >= 11 is 0. The fourth-order valence-electron chi connectivity index (χ4n) is 2.12. The molecule has 0 aliphatic heterocycles. The molecule has 1 atom stereocenters. The molecular weight excluding hydrogens is 286 g/mol. The van der Waals surface area contributed by atoms with Gasteiger partial charge in [-0.1, -0.05) is 38.0 Å². The zero-order valence-corrected chi connectivity index (χ0v) is 12.5. The molecule has 1 N–H and O–H groups in total. The number of rotatable bonds is 9. The Morgan fingerprint density at radius 2 is 1.82 bits per heavy atom. The Morgan fingerprint density at radius 3 is 2.41 bits per heavy atom. The van der Waals surface area contributed by atoms with Gasteiger partial charge in [-0.15, -0.1) is 0 Å². The smallest absolute Gasteiger partial charge is 0.224 e. The molecule has 6 heteroatoms. The summed E-state index contributed by atoms with van der Waals surface area (Å²) in [5, 5.41) is 24.4. The minimum Gasteiger partial charge on any atom is -0.550 e. The largest absolute Gasteiger partial charge is 0.550 e. The van der Waals surface area contributed by atoms with Crippen LogP contribution in [-0.4, -0.2) is 17.8 Å². The molecule has 1 aromatic carbocycles. The Morgan fingerprint density at radius 1 is 1.14 bits per heavy atom. The van der Waals surface area contributed by atoms with Crippen molar-refractivity contribution in [2.45, 2.75) is 39.0 Å². The standard InChI is InChI=1S/C16H21NO5/c1-2-3-6-11(15(19)20)9-10-14(18)17-13-8-5-4-7-12(13)16(21)22/h4-5,7-8,11H,2-3,6,9-10H2,1H3,(H,17,18)(H,19,20)(H,21,22)/p-2/t11-/m1/s1. The summed E-state index contributed by atoms with van der Waals surface area (Å²) in [6.07, 6.45) is 2.26. The van der Waals surface area contributed by atoms with E-state index in [2.05, 4.69) is 5.32 Å². The van der Waals surface area contributed by atoms with Gasteiger partial charge in [-0.05, 0) is 24.8 Å². The Kier molecular flexibility index (Phi) is 7.08. The van der Waals surface area contributed by atoms with E-state index in [1.807, 2.05) is 6.92 Å². The predicted molar refractivity (Wildman–Crippen MR) is 76.7 cm³/mol. The van der Waals surface area contributed by atoms with Gasteiger partial charge < -0.3 is 25.1 Å². The van der Waals surface area contributed by atoms with E-state index < -0.39 is 23.8 Å². The molecule has 0 saturated carbocycles. The quantitative estimate of drug-likeness (QED) is 0.707. The van der Waals surface area contributed by atoms with Gasteiger partial charge in [-0.3, -0.25) is 4.79 Å². The van der Waals surface area contributed by atoms with E-state index in [-0.39, 0.29) is 24.1 Å². The maximum absolute atomic E-state index is 11.9. The molecule has 0 aliphatic rings. The van der Waals surface area contributed by atoms with Gasteiger partial charge in [0.05, 0.1) is 5.97 Å². The van der Waals surface area contributed by atoms with Gasteiger partial charge in [0.25, 0.3) is 0 Å². The lowest BCUT2D eigenvalue weighted by atomic mass is 9.97. The van der Waals surface area contributed by atoms with Crippen molar-refractivity contribution in [1.29, 1.82) is 0 Å². The van der Waals surface area contributed by atoms with Crippen LogP contribution in [0.4, 0.5) is 5.69 Å². The van der Waals surface area contributed by atoms with Crippen LogP contribution in [0.15, 0.2) is 24.3 Å². The predicted octanol–water partition coefficient (Wildman–Crippen LogP) is 0.325. The Hall–Kier alpha value is -2.37. The molecule has 1 aromatic rings. The van der Waals surface area contributed by atoms with E-state index in [1.54, 1.807) is 6.07 Å². The summed E-state index contributed by atoms with van der Waals surface area (Å²) in [7, 11) is 0. The third-order valence-electron chi connectivity index (χ3n) is 3.38. The summed E-state index contributed by atoms with van der Waals surface area (Å²) in [5.74, 6) is -3.64. The van der Waals surface area contributed by atoms with Crippen LogP contribution in [0.5, 0.6) is 0 Å². The number of benzene rings is 1. The SMILES string of the molecule is CCCC[C@H](CCC(=O)Nc1ccccc1C(=O)[O-])C(=O)[O-]. The van der Waals surface area contributed by atoms with Crippen LogP contribution < -0.4 is 15.5 Å². The van der Waals surface area contributed by atoms with E-state index in [0.717, 1.165) is 12.8 Å². The van der Waals surface area contributed by atoms with Crippen molar-refractivity contribution < 1.29 is 24.6 Å². The van der Waals surface area contributed by atoms with E-state index in [0.29, 0.717) is 6.42 Å². The molecule has 22 heavy (non-hydrogen) atoms. The van der Waals surface area contributed by atoms with Crippen molar-refractivity contribution >= 4 is 23.5 Å². The average Bonchev–Trinajstić information content (AvgIpc) is 2.47. The molecule has 0 heterocycles. The van der Waals surface area contributed by atoms with E-state index in [9.17, 15) is 24.6 Å². The van der Waals surface area contributed by atoms with E-state index >= 15 is 0 Å². The number of unbranched alkanes of at least 4 members (excludes halogenated alkanes) is 1. The van der Waals surface area contributed by atoms with Gasteiger partial charge in [0.1, 0.15) is 0 Å². The van der Waals surface area contributed by atoms with Gasteiger partial charge in [0, 0.05) is 23.6 Å². The van der Waals surface area contributed by atoms with Crippen molar-refractivity contribution in [2.24, 2.45) is 5.92 Å². The lowest BCUT2D eigenvalue weighted by Crippen LogP contribution is -2.32. The number of carboxylic acids is 2. The lowest BCUT2D eigenvalue weighted by molar-refractivity contribution is -0.312. The molecule has 0 spiro atoms. The Balaban J connectivity index is 2.59. The molecule has 0 radical (unpaired) electrons. The van der Waals surface area contributed by atoms with Crippen molar-refractivity contribution in [3.63, 3.8) is 0 Å². The van der Waals surface area contributed by atoms with Crippen LogP contribution in [0.25, 0.3) is 0 Å². The van der Waals surface area contributed by atoms with Crippen molar-refractivity contribution in [1.82, 2.24) is 0 Å². The number of carboxylic acid groups (broad SMARTS) is 2. The third kappa shape index (κ3) is 5.55. The Bertz CT molecular complexity index is 541. The summed E-state index contributed by atoms with van der Waals surface area (Å²) < 4.78 is 0. The first kappa shape index (κ1) is 17.7. The number of amides is 1. The van der Waals surface area contributed by atoms with Gasteiger partial charge in [-0.2, -0.15) is 0 Å². The Labute approximate surface area is 129 Å². The highest BCUT2D eigenvalue weighted by Crippen LogP contribution is 2.17. The number of nitrogens with one attached hydrogen (secondary N) is 1. The molecular formula is C16H19NO5-2. The first-order valence-electron chi connectivity index (χ1n) is 7.26. The van der Waals surface area contributed by atoms with Crippen LogP contribution >= 0.6 is 0 Å². The molecule has 1 rings (SSSR count). The molecule has 0 saturated heterocycles. The molecule has 1 amide bonds. The van der Waals surface area contributed by atoms with Crippen molar-refractivity contribution in [3.8, 4) is 0 Å². The molecule has 0 fully saturated rings. The van der Waals surface area contributed by atoms with E-state index in [4.69, 9.17) is 0 Å². The van der Waals surface area contributed by atoms with Gasteiger partial charge in [0.2, 0.25) is 5.91 Å². The second-order valence-corrected chi connectivity index (χ2v) is 5.08. The average molecular weight is 305 g/mol. The topological polar surface area (TPSA) is 109 Å². The first-order valence-corrected chi connectivity index (χ1v) is 7.26. The minimum atomic E-state index is -1.38. The maximum Gasteiger partial charge on any atom is 0.224 e. The fraction of sp³-hybridized carbons (Fsp3) is 0.438. The molecule has 0 bridgehead atoms. The summed E-state index contributed by atoms with van der Waals surface area (Å²) in [5.41, 5.74) is 0.0318. The minimum absolute atomic E-state index is 0.0102. The molecule has 0 aromatic heterocycles. The highest BCUT2D eigenvalue weighted by molar-refractivity contribution is 5.99. The number of carbonyl (C=O) groups excluding carboxylic acids is 3. The zero-order valence-electron chi connectivity index (χ0n) is 12.5. The molecule has 6 nitrogen and oxygen atoms in total. The van der Waals surface area contributed by atoms with Crippen LogP contribution in [0.1, 0.15) is 49.4 Å². The normalized spacial score (nSPS) is 11.7. The van der Waals surface area contributed by atoms with E-state index in [1.165, 1.54) is 18.2 Å². The van der Waals surface area contributed by atoms with Crippen LogP contribution in [-0.2, 0) is 9.59 Å². The summed E-state index contributed by atoms with van der Waals surface area (Å²) in [6, 6.07) is 5.90. The van der Waals surface area contributed by atoms with Crippen LogP contribution in [0, 0.1) is 5.92 Å². The number of aliphatic carboxylic acids is 1. The fourth-order valence-corrected chi connectivity index (χ4v) is 2.12. The van der Waals surface area contributed by atoms with Gasteiger partial charge >= 0.3 is 0 Å². The number of anilines is 1. The number of para-hydroxylation sites is 1. The van der Waals surface area contributed by atoms with Crippen LogP contribution in [0.3, 0.4) is 0 Å². The number of carbonyl (C=O) groups is 3. The highest BCUT2D eigenvalue weighted by Gasteiger charge is 2.13. The lowest BCUT2D eigenvalue weighted by Gasteiger charge is -2.17. The second kappa shape index (κ2) is 8.81.